The second-order valence-corrected chi connectivity index (χ2v) is 6.85. The van der Waals surface area contributed by atoms with Crippen molar-refractivity contribution in [3.63, 3.8) is 0 Å². The van der Waals surface area contributed by atoms with Crippen LogP contribution in [-0.4, -0.2) is 34.8 Å². The molecule has 1 fully saturated rings. The minimum Gasteiger partial charge on any atom is -0.361 e. The highest BCUT2D eigenvalue weighted by Crippen LogP contribution is 2.23. The predicted molar refractivity (Wildman–Crippen MR) is 102 cm³/mol. The highest BCUT2D eigenvalue weighted by molar-refractivity contribution is 5.97. The molecule has 0 aliphatic carbocycles. The van der Waals surface area contributed by atoms with E-state index >= 15 is 0 Å². The van der Waals surface area contributed by atoms with E-state index in [0.29, 0.717) is 18.8 Å². The summed E-state index contributed by atoms with van der Waals surface area (Å²) in [5.41, 5.74) is 2.64. The Balaban J connectivity index is 1.36. The lowest BCUT2D eigenvalue weighted by Crippen LogP contribution is -2.30. The Kier molecular flexibility index (Phi) is 4.62. The van der Waals surface area contributed by atoms with Crippen LogP contribution in [0.15, 0.2) is 54.7 Å². The van der Waals surface area contributed by atoms with Crippen molar-refractivity contribution >= 4 is 28.4 Å². The summed E-state index contributed by atoms with van der Waals surface area (Å²) >= 11 is 0. The van der Waals surface area contributed by atoms with Gasteiger partial charge in [0.2, 0.25) is 11.8 Å². The van der Waals surface area contributed by atoms with Gasteiger partial charge in [-0.05, 0) is 36.2 Å². The van der Waals surface area contributed by atoms with Crippen LogP contribution < -0.4 is 5.32 Å². The summed E-state index contributed by atoms with van der Waals surface area (Å²) in [6.07, 6.45) is 2.89. The second kappa shape index (κ2) is 7.23. The van der Waals surface area contributed by atoms with E-state index in [9.17, 15) is 14.0 Å². The third kappa shape index (κ3) is 3.69. The number of hydrogen-bond acceptors (Lipinski definition) is 2. The van der Waals surface area contributed by atoms with Gasteiger partial charge < -0.3 is 15.2 Å². The van der Waals surface area contributed by atoms with Gasteiger partial charge in [-0.1, -0.05) is 24.3 Å². The smallest absolute Gasteiger partial charge is 0.229 e. The van der Waals surface area contributed by atoms with Gasteiger partial charge in [0.1, 0.15) is 5.82 Å². The zero-order valence-corrected chi connectivity index (χ0v) is 14.7. The van der Waals surface area contributed by atoms with E-state index in [2.05, 4.69) is 16.4 Å². The van der Waals surface area contributed by atoms with E-state index in [1.54, 1.807) is 11.0 Å². The molecule has 1 aliphatic heterocycles. The molecule has 0 spiro atoms. The number of rotatable bonds is 5. The molecule has 2 N–H and O–H groups in total. The first-order valence-electron chi connectivity index (χ1n) is 8.99. The number of halogens is 1. The van der Waals surface area contributed by atoms with Gasteiger partial charge in [-0.25, -0.2) is 4.39 Å². The SMILES string of the molecule is O=C(Nc1cccc(F)c1)C1CC(=O)N(CCc2c[nH]c3ccccc23)C1. The Bertz CT molecular complexity index is 998. The van der Waals surface area contributed by atoms with Crippen LogP contribution in [0.4, 0.5) is 10.1 Å². The van der Waals surface area contributed by atoms with Crippen LogP contribution in [0.5, 0.6) is 0 Å². The van der Waals surface area contributed by atoms with E-state index in [1.165, 1.54) is 18.2 Å². The number of nitrogens with zero attached hydrogens (tertiary/aromatic N) is 1. The highest BCUT2D eigenvalue weighted by atomic mass is 19.1. The molecular weight excluding hydrogens is 345 g/mol. The zero-order valence-electron chi connectivity index (χ0n) is 14.7. The molecule has 1 saturated heterocycles. The number of para-hydroxylation sites is 1. The average molecular weight is 365 g/mol. The lowest BCUT2D eigenvalue weighted by molar-refractivity contribution is -0.128. The average Bonchev–Trinajstić information content (AvgIpc) is 3.23. The molecule has 0 bridgehead atoms. The van der Waals surface area contributed by atoms with Crippen molar-refractivity contribution in [2.45, 2.75) is 12.8 Å². The molecule has 27 heavy (non-hydrogen) atoms. The maximum atomic E-state index is 13.2. The summed E-state index contributed by atoms with van der Waals surface area (Å²) in [6, 6.07) is 13.8. The summed E-state index contributed by atoms with van der Waals surface area (Å²) in [5.74, 6) is -1.09. The Hall–Kier alpha value is -3.15. The number of nitrogens with one attached hydrogen (secondary N) is 2. The summed E-state index contributed by atoms with van der Waals surface area (Å²) in [5, 5.41) is 3.85. The summed E-state index contributed by atoms with van der Waals surface area (Å²) < 4.78 is 13.2. The van der Waals surface area contributed by atoms with E-state index in [1.807, 2.05) is 24.4 Å². The number of benzene rings is 2. The van der Waals surface area contributed by atoms with Gasteiger partial charge in [-0.3, -0.25) is 9.59 Å². The third-order valence-electron chi connectivity index (χ3n) is 5.00. The predicted octanol–water partition coefficient (Wildman–Crippen LogP) is 3.34. The molecule has 1 aromatic heterocycles. The van der Waals surface area contributed by atoms with E-state index in [0.717, 1.165) is 22.9 Å². The van der Waals surface area contributed by atoms with Gasteiger partial charge in [0, 0.05) is 42.3 Å². The van der Waals surface area contributed by atoms with Gasteiger partial charge in [-0.2, -0.15) is 0 Å². The first-order valence-corrected chi connectivity index (χ1v) is 8.99. The van der Waals surface area contributed by atoms with Gasteiger partial charge in [-0.15, -0.1) is 0 Å². The van der Waals surface area contributed by atoms with Crippen LogP contribution in [0.2, 0.25) is 0 Å². The van der Waals surface area contributed by atoms with Crippen molar-refractivity contribution in [2.75, 3.05) is 18.4 Å². The van der Waals surface area contributed by atoms with Crippen molar-refractivity contribution in [3.05, 3.63) is 66.1 Å². The fourth-order valence-corrected chi connectivity index (χ4v) is 3.57. The van der Waals surface area contributed by atoms with Crippen LogP contribution in [-0.2, 0) is 16.0 Å². The molecule has 1 aliphatic rings. The van der Waals surface area contributed by atoms with Crippen molar-refractivity contribution in [3.8, 4) is 0 Å². The molecule has 6 heteroatoms. The third-order valence-corrected chi connectivity index (χ3v) is 5.00. The van der Waals surface area contributed by atoms with Gasteiger partial charge in [0.15, 0.2) is 0 Å². The first kappa shape index (κ1) is 17.3. The number of carbonyl (C=O) groups is 2. The second-order valence-electron chi connectivity index (χ2n) is 6.85. The van der Waals surface area contributed by atoms with Crippen LogP contribution in [0.3, 0.4) is 0 Å². The lowest BCUT2D eigenvalue weighted by Gasteiger charge is -2.16. The molecular formula is C21H20FN3O2. The molecule has 3 aromatic rings. The van der Waals surface area contributed by atoms with Gasteiger partial charge in [0.05, 0.1) is 5.92 Å². The fourth-order valence-electron chi connectivity index (χ4n) is 3.57. The van der Waals surface area contributed by atoms with Crippen LogP contribution in [0.1, 0.15) is 12.0 Å². The quantitative estimate of drug-likeness (QED) is 0.728. The summed E-state index contributed by atoms with van der Waals surface area (Å²) in [4.78, 5) is 29.7. The largest absolute Gasteiger partial charge is 0.361 e. The number of hydrogen-bond donors (Lipinski definition) is 2. The van der Waals surface area contributed by atoms with Crippen molar-refractivity contribution in [2.24, 2.45) is 5.92 Å². The van der Waals surface area contributed by atoms with E-state index < -0.39 is 11.7 Å². The van der Waals surface area contributed by atoms with Crippen LogP contribution in [0.25, 0.3) is 10.9 Å². The molecule has 2 amide bonds. The molecule has 1 unspecified atom stereocenters. The monoisotopic (exact) mass is 365 g/mol. The molecule has 4 rings (SSSR count). The van der Waals surface area contributed by atoms with Gasteiger partial charge in [0.25, 0.3) is 0 Å². The molecule has 1 atom stereocenters. The Morgan fingerprint density at radius 3 is 2.93 bits per heavy atom. The van der Waals surface area contributed by atoms with E-state index in [-0.39, 0.29) is 18.2 Å². The number of amides is 2. The fraction of sp³-hybridized carbons (Fsp3) is 0.238. The molecule has 0 radical (unpaired) electrons. The van der Waals surface area contributed by atoms with E-state index in [4.69, 9.17) is 0 Å². The minimum absolute atomic E-state index is 0.0192. The van der Waals surface area contributed by atoms with Crippen molar-refractivity contribution in [1.82, 2.24) is 9.88 Å². The number of carbonyl (C=O) groups excluding carboxylic acids is 2. The highest BCUT2D eigenvalue weighted by Gasteiger charge is 2.34. The summed E-state index contributed by atoms with van der Waals surface area (Å²) in [6.45, 7) is 0.965. The first-order chi connectivity index (χ1) is 13.1. The summed E-state index contributed by atoms with van der Waals surface area (Å²) in [7, 11) is 0. The number of H-pyrrole nitrogens is 1. The maximum absolute atomic E-state index is 13.2. The Labute approximate surface area is 156 Å². The number of anilines is 1. The number of likely N-dealkylation sites (tertiary alicyclic amines) is 1. The minimum atomic E-state index is -0.413. The van der Waals surface area contributed by atoms with Crippen molar-refractivity contribution < 1.29 is 14.0 Å². The van der Waals surface area contributed by atoms with Gasteiger partial charge >= 0.3 is 0 Å². The normalized spacial score (nSPS) is 16.9. The topological polar surface area (TPSA) is 65.2 Å². The Morgan fingerprint density at radius 2 is 2.07 bits per heavy atom. The molecule has 2 aromatic carbocycles. The zero-order chi connectivity index (χ0) is 18.8. The van der Waals surface area contributed by atoms with Crippen LogP contribution >= 0.6 is 0 Å². The number of aromatic nitrogens is 1. The molecule has 5 nitrogen and oxygen atoms in total. The lowest BCUT2D eigenvalue weighted by atomic mass is 10.1. The standard InChI is InChI=1S/C21H20FN3O2/c22-16-4-3-5-17(11-16)24-21(27)15-10-20(26)25(13-15)9-8-14-12-23-19-7-2-1-6-18(14)19/h1-7,11-12,15,23H,8-10,13H2,(H,24,27). The maximum Gasteiger partial charge on any atom is 0.229 e. The molecule has 138 valence electrons. The molecule has 2 heterocycles. The number of fused-ring (bicyclic) bond motifs is 1. The number of aromatic amines is 1. The Morgan fingerprint density at radius 1 is 1.22 bits per heavy atom. The molecule has 0 saturated carbocycles. The van der Waals surface area contributed by atoms with Crippen LogP contribution in [0, 0.1) is 11.7 Å². The van der Waals surface area contributed by atoms with Crippen molar-refractivity contribution in [1.29, 1.82) is 0 Å².